The van der Waals surface area contributed by atoms with Crippen LogP contribution in [0.1, 0.15) is 66.8 Å². The summed E-state index contributed by atoms with van der Waals surface area (Å²) in [6.45, 7) is 4.21. The Balaban J connectivity index is 1.50. The molecule has 28 heavy (non-hydrogen) atoms. The molecule has 0 aromatic carbocycles. The summed E-state index contributed by atoms with van der Waals surface area (Å²) in [7, 11) is 0. The van der Waals surface area contributed by atoms with Crippen molar-refractivity contribution in [1.82, 2.24) is 20.4 Å². The lowest BCUT2D eigenvalue weighted by Crippen LogP contribution is -2.40. The van der Waals surface area contributed by atoms with E-state index in [9.17, 15) is 9.90 Å². The van der Waals surface area contributed by atoms with Crippen LogP contribution in [-0.4, -0.2) is 38.8 Å². The molecule has 2 aliphatic rings. The first kappa shape index (κ1) is 18.9. The van der Waals surface area contributed by atoms with Crippen LogP contribution in [0.3, 0.4) is 0 Å². The second kappa shape index (κ2) is 7.50. The number of aliphatic hydroxyl groups is 1. The molecule has 0 aliphatic heterocycles. The van der Waals surface area contributed by atoms with Crippen LogP contribution in [0.5, 0.6) is 5.88 Å². The minimum absolute atomic E-state index is 0.216. The van der Waals surface area contributed by atoms with E-state index in [0.717, 1.165) is 6.42 Å². The first-order chi connectivity index (χ1) is 13.4. The summed E-state index contributed by atoms with van der Waals surface area (Å²) >= 11 is 0. The van der Waals surface area contributed by atoms with E-state index in [1.54, 1.807) is 19.1 Å². The van der Waals surface area contributed by atoms with E-state index in [1.165, 1.54) is 12.8 Å². The highest BCUT2D eigenvalue weighted by atomic mass is 16.5. The Morgan fingerprint density at radius 1 is 1.39 bits per heavy atom. The average molecular weight is 386 g/mol. The maximum absolute atomic E-state index is 13.0. The van der Waals surface area contributed by atoms with Gasteiger partial charge in [0.2, 0.25) is 11.8 Å². The number of hydrogen-bond acceptors (Lipinski definition) is 7. The van der Waals surface area contributed by atoms with Crippen LogP contribution in [0, 0.1) is 12.8 Å². The standard InChI is InChI=1S/C20H26N4O4/c1-12(10-16-22-13(2)28-24-16)21-19(25)18-15(20(26)8-3-9-20)6-7-17(23-18)27-11-14-4-5-14/h6-7,12,14,26H,3-5,8-11H2,1-2H3,(H,21,25). The number of amides is 1. The van der Waals surface area contributed by atoms with Gasteiger partial charge in [0.15, 0.2) is 5.82 Å². The summed E-state index contributed by atoms with van der Waals surface area (Å²) in [4.78, 5) is 21.6. The minimum Gasteiger partial charge on any atom is -0.477 e. The summed E-state index contributed by atoms with van der Waals surface area (Å²) < 4.78 is 10.7. The van der Waals surface area contributed by atoms with Gasteiger partial charge in [-0.25, -0.2) is 4.98 Å². The molecular formula is C20H26N4O4. The Bertz CT molecular complexity index is 858. The van der Waals surface area contributed by atoms with E-state index in [2.05, 4.69) is 20.4 Å². The number of pyridine rings is 1. The van der Waals surface area contributed by atoms with E-state index < -0.39 is 5.60 Å². The molecule has 2 fully saturated rings. The SMILES string of the molecule is Cc1nc(CC(C)NC(=O)c2nc(OCC3CC3)ccc2C2(O)CCC2)no1. The van der Waals surface area contributed by atoms with Crippen LogP contribution in [0.4, 0.5) is 0 Å². The highest BCUT2D eigenvalue weighted by molar-refractivity contribution is 5.94. The molecule has 0 saturated heterocycles. The highest BCUT2D eigenvalue weighted by Gasteiger charge is 2.40. The normalized spacial score (nSPS) is 19.0. The van der Waals surface area contributed by atoms with Crippen molar-refractivity contribution in [2.75, 3.05) is 6.61 Å². The predicted octanol–water partition coefficient (Wildman–Crippen LogP) is 2.29. The van der Waals surface area contributed by atoms with Crippen molar-refractivity contribution >= 4 is 5.91 Å². The van der Waals surface area contributed by atoms with Gasteiger partial charge in [-0.1, -0.05) is 5.16 Å². The van der Waals surface area contributed by atoms with Crippen molar-refractivity contribution in [2.24, 2.45) is 5.92 Å². The molecule has 0 radical (unpaired) electrons. The molecule has 0 bridgehead atoms. The van der Waals surface area contributed by atoms with Gasteiger partial charge < -0.3 is 19.7 Å². The zero-order valence-electron chi connectivity index (χ0n) is 16.3. The molecule has 8 nitrogen and oxygen atoms in total. The third kappa shape index (κ3) is 4.16. The summed E-state index contributed by atoms with van der Waals surface area (Å²) in [5.41, 5.74) is -0.188. The molecule has 0 spiro atoms. The van der Waals surface area contributed by atoms with E-state index in [-0.39, 0.29) is 17.6 Å². The second-order valence-electron chi connectivity index (χ2n) is 7.99. The van der Waals surface area contributed by atoms with E-state index in [0.29, 0.717) is 54.9 Å². The summed E-state index contributed by atoms with van der Waals surface area (Å²) in [5, 5.41) is 17.6. The van der Waals surface area contributed by atoms with Gasteiger partial charge in [-0.05, 0) is 51.0 Å². The Kier molecular flexibility index (Phi) is 5.05. The van der Waals surface area contributed by atoms with Crippen molar-refractivity contribution in [3.63, 3.8) is 0 Å². The zero-order chi connectivity index (χ0) is 19.7. The van der Waals surface area contributed by atoms with E-state index in [4.69, 9.17) is 9.26 Å². The monoisotopic (exact) mass is 386 g/mol. The van der Waals surface area contributed by atoms with Crippen LogP contribution in [0.2, 0.25) is 0 Å². The van der Waals surface area contributed by atoms with Crippen molar-refractivity contribution in [3.05, 3.63) is 35.1 Å². The number of carbonyl (C=O) groups is 1. The van der Waals surface area contributed by atoms with Crippen molar-refractivity contribution in [1.29, 1.82) is 0 Å². The number of hydrogen-bond donors (Lipinski definition) is 2. The van der Waals surface area contributed by atoms with E-state index in [1.807, 2.05) is 6.92 Å². The maximum atomic E-state index is 13.0. The molecule has 2 N–H and O–H groups in total. The first-order valence-corrected chi connectivity index (χ1v) is 9.90. The fourth-order valence-corrected chi connectivity index (χ4v) is 3.38. The van der Waals surface area contributed by atoms with Gasteiger partial charge in [0.25, 0.3) is 5.91 Å². The molecule has 1 unspecified atom stereocenters. The largest absolute Gasteiger partial charge is 0.477 e. The van der Waals surface area contributed by atoms with Gasteiger partial charge in [-0.2, -0.15) is 4.98 Å². The minimum atomic E-state index is -0.983. The van der Waals surface area contributed by atoms with Gasteiger partial charge in [0.1, 0.15) is 5.69 Å². The quantitative estimate of drug-likeness (QED) is 0.716. The third-order valence-corrected chi connectivity index (χ3v) is 5.37. The lowest BCUT2D eigenvalue weighted by molar-refractivity contribution is -0.0397. The number of rotatable bonds is 8. The predicted molar refractivity (Wildman–Crippen MR) is 99.9 cm³/mol. The summed E-state index contributed by atoms with van der Waals surface area (Å²) in [6, 6.07) is 3.30. The molecule has 1 atom stereocenters. The van der Waals surface area contributed by atoms with Gasteiger partial charge in [0, 0.05) is 31.0 Å². The number of nitrogens with zero attached hydrogens (tertiary/aromatic N) is 3. The Morgan fingerprint density at radius 3 is 2.79 bits per heavy atom. The molecule has 4 rings (SSSR count). The summed E-state index contributed by atoms with van der Waals surface area (Å²) in [6.07, 6.45) is 5.01. The van der Waals surface area contributed by atoms with Gasteiger partial charge in [-0.3, -0.25) is 4.79 Å². The van der Waals surface area contributed by atoms with Crippen LogP contribution in [-0.2, 0) is 12.0 Å². The average Bonchev–Trinajstić information content (AvgIpc) is 3.39. The summed E-state index contributed by atoms with van der Waals surface area (Å²) in [5.74, 6) is 1.71. The number of aromatic nitrogens is 3. The topological polar surface area (TPSA) is 110 Å². The fraction of sp³-hybridized carbons (Fsp3) is 0.600. The molecule has 2 aromatic heterocycles. The van der Waals surface area contributed by atoms with E-state index >= 15 is 0 Å². The van der Waals surface area contributed by atoms with Crippen molar-refractivity contribution < 1.29 is 19.2 Å². The number of nitrogens with one attached hydrogen (secondary N) is 1. The van der Waals surface area contributed by atoms with Crippen LogP contribution >= 0.6 is 0 Å². The van der Waals surface area contributed by atoms with Gasteiger partial charge >= 0.3 is 0 Å². The number of aryl methyl sites for hydroxylation is 1. The van der Waals surface area contributed by atoms with Gasteiger partial charge in [0.05, 0.1) is 12.2 Å². The number of carbonyl (C=O) groups excluding carboxylic acids is 1. The molecule has 2 saturated carbocycles. The highest BCUT2D eigenvalue weighted by Crippen LogP contribution is 2.42. The first-order valence-electron chi connectivity index (χ1n) is 9.90. The molecule has 8 heteroatoms. The third-order valence-electron chi connectivity index (χ3n) is 5.37. The van der Waals surface area contributed by atoms with Crippen molar-refractivity contribution in [3.8, 4) is 5.88 Å². The van der Waals surface area contributed by atoms with Crippen LogP contribution in [0.15, 0.2) is 16.7 Å². The smallest absolute Gasteiger partial charge is 0.270 e. The maximum Gasteiger partial charge on any atom is 0.270 e. The molecule has 150 valence electrons. The number of ether oxygens (including phenoxy) is 1. The van der Waals surface area contributed by atoms with Crippen LogP contribution in [0.25, 0.3) is 0 Å². The molecule has 2 aromatic rings. The molecule has 2 aliphatic carbocycles. The second-order valence-corrected chi connectivity index (χ2v) is 7.99. The molecular weight excluding hydrogens is 360 g/mol. The lowest BCUT2D eigenvalue weighted by Gasteiger charge is -2.37. The lowest BCUT2D eigenvalue weighted by atomic mass is 9.74. The van der Waals surface area contributed by atoms with Gasteiger partial charge in [-0.15, -0.1) is 0 Å². The molecule has 1 amide bonds. The van der Waals surface area contributed by atoms with Crippen LogP contribution < -0.4 is 10.1 Å². The Hall–Kier alpha value is -2.48. The Labute approximate surface area is 163 Å². The molecule has 2 heterocycles. The Morgan fingerprint density at radius 2 is 2.18 bits per heavy atom. The fourth-order valence-electron chi connectivity index (χ4n) is 3.38. The zero-order valence-corrected chi connectivity index (χ0v) is 16.3. The van der Waals surface area contributed by atoms with Crippen molar-refractivity contribution in [2.45, 2.75) is 64.0 Å².